The Balaban J connectivity index is 1.57. The lowest BCUT2D eigenvalue weighted by Gasteiger charge is -2.37. The molecule has 0 radical (unpaired) electrons. The standard InChI is InChI=1S/C27H25N3O4/c1-15-13-30(14-16(2)33-15)22-12-21(28-17-8-10-18(32-3)11-9-17)23-24-25(22)29-34-27(24)20-7-5-4-6-19(20)26(23)31/h4-12,15-16,28H,13-14H2,1-3H3/t15-,16+. The quantitative estimate of drug-likeness (QED) is 0.388. The second-order valence-electron chi connectivity index (χ2n) is 8.94. The minimum Gasteiger partial charge on any atom is -0.497 e. The highest BCUT2D eigenvalue weighted by Gasteiger charge is 2.34. The molecule has 0 saturated carbocycles. The molecule has 2 heterocycles. The van der Waals surface area contributed by atoms with Crippen molar-refractivity contribution in [3.8, 4) is 17.1 Å². The van der Waals surface area contributed by atoms with Gasteiger partial charge in [0.2, 0.25) is 0 Å². The van der Waals surface area contributed by atoms with Crippen LogP contribution in [0.2, 0.25) is 0 Å². The van der Waals surface area contributed by atoms with Crippen LogP contribution in [0.4, 0.5) is 17.1 Å². The molecule has 2 aliphatic rings. The number of hydrogen-bond acceptors (Lipinski definition) is 7. The van der Waals surface area contributed by atoms with Crippen LogP contribution in [0, 0.1) is 0 Å². The zero-order chi connectivity index (χ0) is 23.4. The van der Waals surface area contributed by atoms with Crippen molar-refractivity contribution >= 4 is 33.7 Å². The Labute approximate surface area is 197 Å². The molecule has 3 aromatic carbocycles. The molecule has 7 nitrogen and oxygen atoms in total. The van der Waals surface area contributed by atoms with E-state index in [2.05, 4.69) is 29.2 Å². The van der Waals surface area contributed by atoms with Crippen LogP contribution in [0.1, 0.15) is 29.8 Å². The van der Waals surface area contributed by atoms with Crippen LogP contribution in [0.25, 0.3) is 22.2 Å². The first-order valence-corrected chi connectivity index (χ1v) is 11.5. The average molecular weight is 456 g/mol. The van der Waals surface area contributed by atoms with E-state index >= 15 is 0 Å². The molecule has 1 aromatic heterocycles. The van der Waals surface area contributed by atoms with Crippen LogP contribution >= 0.6 is 0 Å². The molecule has 34 heavy (non-hydrogen) atoms. The third-order valence-electron chi connectivity index (χ3n) is 6.51. The predicted molar refractivity (Wildman–Crippen MR) is 131 cm³/mol. The first-order valence-electron chi connectivity index (χ1n) is 11.5. The smallest absolute Gasteiger partial charge is 0.196 e. The molecule has 172 valence electrons. The normalized spacial score (nSPS) is 19.3. The number of benzene rings is 3. The van der Waals surface area contributed by atoms with Crippen molar-refractivity contribution in [3.05, 3.63) is 65.7 Å². The summed E-state index contributed by atoms with van der Waals surface area (Å²) >= 11 is 0. The second-order valence-corrected chi connectivity index (χ2v) is 8.94. The van der Waals surface area contributed by atoms with Gasteiger partial charge in [0.25, 0.3) is 0 Å². The summed E-state index contributed by atoms with van der Waals surface area (Å²) in [7, 11) is 1.64. The molecule has 7 heteroatoms. The molecule has 0 unspecified atom stereocenters. The highest BCUT2D eigenvalue weighted by Crippen LogP contribution is 2.46. The molecule has 1 aliphatic carbocycles. The van der Waals surface area contributed by atoms with Gasteiger partial charge in [-0.25, -0.2) is 0 Å². The van der Waals surface area contributed by atoms with Crippen molar-refractivity contribution in [1.82, 2.24) is 5.16 Å². The number of carbonyl (C=O) groups is 1. The summed E-state index contributed by atoms with van der Waals surface area (Å²) in [5, 5.41) is 8.70. The Morgan fingerprint density at radius 1 is 1.03 bits per heavy atom. The van der Waals surface area contributed by atoms with E-state index in [9.17, 15) is 4.79 Å². The summed E-state index contributed by atoms with van der Waals surface area (Å²) < 4.78 is 17.1. The number of ether oxygens (including phenoxy) is 2. The summed E-state index contributed by atoms with van der Waals surface area (Å²) in [6.45, 7) is 5.60. The van der Waals surface area contributed by atoms with E-state index in [0.29, 0.717) is 22.4 Å². The fourth-order valence-electron chi connectivity index (χ4n) is 5.09. The van der Waals surface area contributed by atoms with E-state index in [1.54, 1.807) is 7.11 Å². The summed E-state index contributed by atoms with van der Waals surface area (Å²) in [4.78, 5) is 16.0. The summed E-state index contributed by atoms with van der Waals surface area (Å²) in [6, 6.07) is 17.2. The molecule has 1 fully saturated rings. The Bertz CT molecular complexity index is 1400. The van der Waals surface area contributed by atoms with Crippen molar-refractivity contribution < 1.29 is 18.8 Å². The number of rotatable bonds is 4. The van der Waals surface area contributed by atoms with E-state index in [4.69, 9.17) is 14.0 Å². The van der Waals surface area contributed by atoms with Gasteiger partial charge in [0.05, 0.1) is 41.6 Å². The predicted octanol–water partition coefficient (Wildman–Crippen LogP) is 5.41. The SMILES string of the molecule is COc1ccc(Nc2cc(N3C[C@@H](C)O[C@@H](C)C3)c3noc4c3c2C(=O)c2ccccc2-4)cc1. The molecule has 1 aliphatic heterocycles. The highest BCUT2D eigenvalue weighted by atomic mass is 16.5. The molecule has 4 aromatic rings. The zero-order valence-corrected chi connectivity index (χ0v) is 19.3. The van der Waals surface area contributed by atoms with Crippen LogP contribution in [0.15, 0.2) is 59.1 Å². The number of morpholine rings is 1. The number of hydrogen-bond donors (Lipinski definition) is 1. The van der Waals surface area contributed by atoms with Crippen molar-refractivity contribution in [2.75, 3.05) is 30.4 Å². The van der Waals surface area contributed by atoms with Gasteiger partial charge in [-0.1, -0.05) is 29.4 Å². The van der Waals surface area contributed by atoms with Gasteiger partial charge < -0.3 is 24.2 Å². The van der Waals surface area contributed by atoms with Gasteiger partial charge in [-0.15, -0.1) is 0 Å². The van der Waals surface area contributed by atoms with Gasteiger partial charge >= 0.3 is 0 Å². The lowest BCUT2D eigenvalue weighted by atomic mass is 9.86. The van der Waals surface area contributed by atoms with Gasteiger partial charge in [-0.05, 0) is 44.2 Å². The number of aromatic nitrogens is 1. The van der Waals surface area contributed by atoms with Crippen molar-refractivity contribution in [2.45, 2.75) is 26.1 Å². The lowest BCUT2D eigenvalue weighted by Crippen LogP contribution is -2.45. The van der Waals surface area contributed by atoms with Gasteiger partial charge in [0.1, 0.15) is 11.3 Å². The van der Waals surface area contributed by atoms with E-state index in [0.717, 1.165) is 46.9 Å². The number of fused-ring (bicyclic) bond motifs is 2. The fraction of sp³-hybridized carbons (Fsp3) is 0.259. The zero-order valence-electron chi connectivity index (χ0n) is 19.3. The van der Waals surface area contributed by atoms with Gasteiger partial charge in [-0.3, -0.25) is 4.79 Å². The highest BCUT2D eigenvalue weighted by molar-refractivity contribution is 6.28. The number of nitrogens with zero attached hydrogens (tertiary/aromatic N) is 2. The van der Waals surface area contributed by atoms with Gasteiger partial charge in [-0.2, -0.15) is 0 Å². The molecule has 1 saturated heterocycles. The summed E-state index contributed by atoms with van der Waals surface area (Å²) in [6.07, 6.45) is 0.163. The molecular weight excluding hydrogens is 430 g/mol. The number of anilines is 3. The first kappa shape index (κ1) is 20.7. The second kappa shape index (κ2) is 7.88. The third-order valence-corrected chi connectivity index (χ3v) is 6.51. The average Bonchev–Trinajstić information content (AvgIpc) is 3.28. The summed E-state index contributed by atoms with van der Waals surface area (Å²) in [5.41, 5.74) is 5.19. The molecular formula is C27H25N3O4. The Kier molecular flexibility index (Phi) is 4.81. The number of nitrogens with one attached hydrogen (secondary N) is 1. The Hall–Kier alpha value is -3.84. The fourth-order valence-corrected chi connectivity index (χ4v) is 5.09. The topological polar surface area (TPSA) is 76.8 Å². The molecule has 0 amide bonds. The van der Waals surface area contributed by atoms with Crippen molar-refractivity contribution in [3.63, 3.8) is 0 Å². The molecule has 0 bridgehead atoms. The number of carbonyl (C=O) groups excluding carboxylic acids is 1. The lowest BCUT2D eigenvalue weighted by molar-refractivity contribution is -0.00515. The Morgan fingerprint density at radius 3 is 2.44 bits per heavy atom. The van der Waals surface area contributed by atoms with Crippen molar-refractivity contribution in [2.24, 2.45) is 0 Å². The van der Waals surface area contributed by atoms with Gasteiger partial charge in [0.15, 0.2) is 11.5 Å². The molecule has 1 N–H and O–H groups in total. The maximum atomic E-state index is 13.7. The van der Waals surface area contributed by atoms with Crippen LogP contribution in [-0.2, 0) is 4.74 Å². The van der Waals surface area contributed by atoms with Crippen LogP contribution in [-0.4, -0.2) is 43.3 Å². The molecule has 6 rings (SSSR count). The Morgan fingerprint density at radius 2 is 1.74 bits per heavy atom. The molecule has 0 spiro atoms. The maximum absolute atomic E-state index is 13.7. The number of methoxy groups -OCH3 is 1. The van der Waals surface area contributed by atoms with Crippen LogP contribution < -0.4 is 15.0 Å². The largest absolute Gasteiger partial charge is 0.497 e. The van der Waals surface area contributed by atoms with E-state index in [1.807, 2.05) is 54.6 Å². The minimum absolute atomic E-state index is 0.0393. The maximum Gasteiger partial charge on any atom is 0.196 e. The van der Waals surface area contributed by atoms with E-state index in [1.165, 1.54) is 0 Å². The first-order chi connectivity index (χ1) is 16.5. The van der Waals surface area contributed by atoms with Crippen LogP contribution in [0.5, 0.6) is 5.75 Å². The van der Waals surface area contributed by atoms with E-state index in [-0.39, 0.29) is 18.0 Å². The molecule has 2 atom stereocenters. The van der Waals surface area contributed by atoms with Crippen molar-refractivity contribution in [1.29, 1.82) is 0 Å². The minimum atomic E-state index is -0.0393. The van der Waals surface area contributed by atoms with Crippen LogP contribution in [0.3, 0.4) is 0 Å². The third kappa shape index (κ3) is 3.23. The monoisotopic (exact) mass is 455 g/mol. The van der Waals surface area contributed by atoms with Gasteiger partial charge in [0, 0.05) is 29.9 Å². The van der Waals surface area contributed by atoms with E-state index < -0.39 is 0 Å². The summed E-state index contributed by atoms with van der Waals surface area (Å²) in [5.74, 6) is 1.36. The number of ketones is 1.